The molecule has 1 atom stereocenters. The van der Waals surface area contributed by atoms with Crippen molar-refractivity contribution >= 4 is 5.69 Å². The Kier molecular flexibility index (Phi) is 3.68. The summed E-state index contributed by atoms with van der Waals surface area (Å²) in [5, 5.41) is 11.9. The number of alkyl halides is 3. The van der Waals surface area contributed by atoms with Crippen LogP contribution >= 0.6 is 0 Å². The Labute approximate surface area is 116 Å². The van der Waals surface area contributed by atoms with Crippen LogP contribution in [0.5, 0.6) is 0 Å². The predicted molar refractivity (Wildman–Crippen MR) is 71.2 cm³/mol. The lowest BCUT2D eigenvalue weighted by atomic mass is 9.92. The first-order valence-corrected chi connectivity index (χ1v) is 6.59. The minimum atomic E-state index is -4.50. The van der Waals surface area contributed by atoms with E-state index in [-0.39, 0.29) is 17.0 Å². The van der Waals surface area contributed by atoms with Gasteiger partial charge in [-0.05, 0) is 42.9 Å². The van der Waals surface area contributed by atoms with Gasteiger partial charge >= 0.3 is 6.18 Å². The minimum absolute atomic E-state index is 0.194. The molecule has 1 saturated carbocycles. The first-order chi connectivity index (χ1) is 9.21. The number of halogens is 3. The quantitative estimate of drug-likeness (QED) is 0.862. The summed E-state index contributed by atoms with van der Waals surface area (Å²) >= 11 is 0. The average molecular weight is 282 g/mol. The van der Waals surface area contributed by atoms with E-state index < -0.39 is 11.7 Å². The molecule has 2 nitrogen and oxygen atoms in total. The zero-order valence-corrected chi connectivity index (χ0v) is 11.5. The molecule has 0 radical (unpaired) electrons. The van der Waals surface area contributed by atoms with Crippen LogP contribution < -0.4 is 5.32 Å². The van der Waals surface area contributed by atoms with Crippen LogP contribution in [0.25, 0.3) is 0 Å². The highest BCUT2D eigenvalue weighted by molar-refractivity contribution is 5.53. The molecule has 1 aliphatic carbocycles. The molecule has 0 amide bonds. The lowest BCUT2D eigenvalue weighted by molar-refractivity contribution is -0.137. The number of rotatable bonds is 2. The smallest absolute Gasteiger partial charge is 0.382 e. The van der Waals surface area contributed by atoms with Crippen molar-refractivity contribution in [1.29, 1.82) is 5.26 Å². The number of anilines is 1. The number of nitriles is 1. The first kappa shape index (κ1) is 14.7. The van der Waals surface area contributed by atoms with E-state index in [0.29, 0.717) is 5.69 Å². The molecule has 5 heteroatoms. The zero-order valence-electron chi connectivity index (χ0n) is 11.5. The Bertz CT molecular complexity index is 541. The van der Waals surface area contributed by atoms with Gasteiger partial charge in [-0.1, -0.05) is 13.8 Å². The Hall–Kier alpha value is -1.70. The largest absolute Gasteiger partial charge is 0.417 e. The van der Waals surface area contributed by atoms with Gasteiger partial charge in [-0.25, -0.2) is 0 Å². The molecular formula is C15H17F3N2. The molecule has 2 rings (SSSR count). The lowest BCUT2D eigenvalue weighted by Crippen LogP contribution is -2.18. The van der Waals surface area contributed by atoms with Crippen LogP contribution in [0.2, 0.25) is 0 Å². The van der Waals surface area contributed by atoms with Crippen LogP contribution in [0.1, 0.15) is 44.2 Å². The molecule has 0 saturated heterocycles. The second kappa shape index (κ2) is 5.01. The van der Waals surface area contributed by atoms with Crippen molar-refractivity contribution < 1.29 is 13.2 Å². The standard InChI is InChI=1S/C15H17F3N2/c1-14(2)6-5-12(8-14)20-11-4-3-10(9-19)13(7-11)15(16,17)18/h3-4,7,12,20H,5-6,8H2,1-2H3. The van der Waals surface area contributed by atoms with Crippen molar-refractivity contribution in [1.82, 2.24) is 0 Å². The fourth-order valence-electron chi connectivity index (χ4n) is 2.76. The Morgan fingerprint density at radius 1 is 1.35 bits per heavy atom. The molecule has 1 aromatic carbocycles. The topological polar surface area (TPSA) is 35.8 Å². The van der Waals surface area contributed by atoms with Gasteiger partial charge in [-0.3, -0.25) is 0 Å². The Morgan fingerprint density at radius 3 is 2.55 bits per heavy atom. The molecule has 0 aliphatic heterocycles. The number of nitrogens with one attached hydrogen (secondary N) is 1. The molecule has 1 fully saturated rings. The molecule has 0 spiro atoms. The molecular weight excluding hydrogens is 265 g/mol. The number of benzene rings is 1. The van der Waals surface area contributed by atoms with Crippen molar-refractivity contribution in [3.05, 3.63) is 29.3 Å². The second-order valence-electron chi connectivity index (χ2n) is 6.12. The van der Waals surface area contributed by atoms with Gasteiger partial charge in [0.15, 0.2) is 0 Å². The van der Waals surface area contributed by atoms with Gasteiger partial charge in [0.05, 0.1) is 17.2 Å². The number of hydrogen-bond acceptors (Lipinski definition) is 2. The summed E-state index contributed by atoms with van der Waals surface area (Å²) in [6.07, 6.45) is -1.55. The van der Waals surface area contributed by atoms with Crippen molar-refractivity contribution in [2.75, 3.05) is 5.32 Å². The fourth-order valence-corrected chi connectivity index (χ4v) is 2.76. The summed E-state index contributed by atoms with van der Waals surface area (Å²) in [4.78, 5) is 0. The normalized spacial score (nSPS) is 21.5. The van der Waals surface area contributed by atoms with Crippen LogP contribution in [0.3, 0.4) is 0 Å². The fraction of sp³-hybridized carbons (Fsp3) is 0.533. The third kappa shape index (κ3) is 3.24. The highest BCUT2D eigenvalue weighted by atomic mass is 19.4. The van der Waals surface area contributed by atoms with Crippen LogP contribution in [0, 0.1) is 16.7 Å². The van der Waals surface area contributed by atoms with Gasteiger partial charge in [0.25, 0.3) is 0 Å². The van der Waals surface area contributed by atoms with E-state index in [9.17, 15) is 13.2 Å². The van der Waals surface area contributed by atoms with Gasteiger partial charge in [0, 0.05) is 11.7 Å². The van der Waals surface area contributed by atoms with E-state index in [1.807, 2.05) is 0 Å². The van der Waals surface area contributed by atoms with Crippen LogP contribution in [0.15, 0.2) is 18.2 Å². The van der Waals surface area contributed by atoms with Gasteiger partial charge in [0.1, 0.15) is 0 Å². The van der Waals surface area contributed by atoms with E-state index in [2.05, 4.69) is 19.2 Å². The zero-order chi connectivity index (χ0) is 15.0. The molecule has 1 aromatic rings. The number of nitrogens with zero attached hydrogens (tertiary/aromatic N) is 1. The Morgan fingerprint density at radius 2 is 2.05 bits per heavy atom. The van der Waals surface area contributed by atoms with Gasteiger partial charge < -0.3 is 5.32 Å². The van der Waals surface area contributed by atoms with E-state index >= 15 is 0 Å². The summed E-state index contributed by atoms with van der Waals surface area (Å²) in [6, 6.07) is 5.58. The third-order valence-electron chi connectivity index (χ3n) is 3.78. The highest BCUT2D eigenvalue weighted by Gasteiger charge is 2.35. The third-order valence-corrected chi connectivity index (χ3v) is 3.78. The van der Waals surface area contributed by atoms with Crippen molar-refractivity contribution in [3.63, 3.8) is 0 Å². The van der Waals surface area contributed by atoms with Crippen molar-refractivity contribution in [2.24, 2.45) is 5.41 Å². The maximum Gasteiger partial charge on any atom is 0.417 e. The van der Waals surface area contributed by atoms with E-state index in [1.54, 1.807) is 12.1 Å². The molecule has 0 aromatic heterocycles. The van der Waals surface area contributed by atoms with Gasteiger partial charge in [0.2, 0.25) is 0 Å². The molecule has 108 valence electrons. The molecule has 1 aliphatic rings. The maximum atomic E-state index is 12.9. The van der Waals surface area contributed by atoms with Crippen LogP contribution in [0.4, 0.5) is 18.9 Å². The summed E-state index contributed by atoms with van der Waals surface area (Å²) in [5.41, 5.74) is -0.548. The first-order valence-electron chi connectivity index (χ1n) is 6.59. The summed E-state index contributed by atoms with van der Waals surface area (Å²) in [7, 11) is 0. The predicted octanol–water partition coefficient (Wildman–Crippen LogP) is 4.57. The molecule has 1 N–H and O–H groups in total. The lowest BCUT2D eigenvalue weighted by Gasteiger charge is -2.19. The van der Waals surface area contributed by atoms with Gasteiger partial charge in [-0.2, -0.15) is 18.4 Å². The van der Waals surface area contributed by atoms with E-state index in [0.717, 1.165) is 25.3 Å². The minimum Gasteiger partial charge on any atom is -0.382 e. The molecule has 0 bridgehead atoms. The van der Waals surface area contributed by atoms with Crippen LogP contribution in [-0.2, 0) is 6.18 Å². The van der Waals surface area contributed by atoms with E-state index in [1.165, 1.54) is 6.07 Å². The molecule has 20 heavy (non-hydrogen) atoms. The molecule has 1 unspecified atom stereocenters. The SMILES string of the molecule is CC1(C)CCC(Nc2ccc(C#N)c(C(F)(F)F)c2)C1. The monoisotopic (exact) mass is 282 g/mol. The van der Waals surface area contributed by atoms with Crippen LogP contribution in [-0.4, -0.2) is 6.04 Å². The Balaban J connectivity index is 2.20. The highest BCUT2D eigenvalue weighted by Crippen LogP contribution is 2.39. The summed E-state index contributed by atoms with van der Waals surface area (Å²) in [5.74, 6) is 0. The van der Waals surface area contributed by atoms with Crippen molar-refractivity contribution in [2.45, 2.75) is 45.3 Å². The average Bonchev–Trinajstić information content (AvgIpc) is 2.67. The van der Waals surface area contributed by atoms with Gasteiger partial charge in [-0.15, -0.1) is 0 Å². The summed E-state index contributed by atoms with van der Waals surface area (Å²) < 4.78 is 38.6. The second-order valence-corrected chi connectivity index (χ2v) is 6.12. The maximum absolute atomic E-state index is 12.9. The summed E-state index contributed by atoms with van der Waals surface area (Å²) in [6.45, 7) is 4.32. The molecule has 0 heterocycles. The van der Waals surface area contributed by atoms with E-state index in [4.69, 9.17) is 5.26 Å². The number of hydrogen-bond donors (Lipinski definition) is 1. The van der Waals surface area contributed by atoms with Crippen molar-refractivity contribution in [3.8, 4) is 6.07 Å².